The molecule has 0 bridgehead atoms. The van der Waals surface area contributed by atoms with Crippen LogP contribution in [0.25, 0.3) is 6.08 Å². The van der Waals surface area contributed by atoms with Crippen LogP contribution in [-0.4, -0.2) is 22.9 Å². The van der Waals surface area contributed by atoms with Gasteiger partial charge in [-0.05, 0) is 23.9 Å². The largest absolute Gasteiger partial charge is 0.454 e. The van der Waals surface area contributed by atoms with Gasteiger partial charge in [-0.15, -0.1) is 0 Å². The number of ether oxygens (including phenoxy) is 2. The first kappa shape index (κ1) is 12.5. The fourth-order valence-corrected chi connectivity index (χ4v) is 2.46. The minimum Gasteiger partial charge on any atom is -0.454 e. The van der Waals surface area contributed by atoms with E-state index in [9.17, 15) is 19.7 Å². The van der Waals surface area contributed by atoms with Gasteiger partial charge in [0, 0.05) is 0 Å². The fraction of sp³-hybridized carbons (Fsp3) is 0.0909. The van der Waals surface area contributed by atoms with Gasteiger partial charge >= 0.3 is 0 Å². The molecule has 2 aliphatic heterocycles. The molecular formula is C11H6N2O6S. The topological polar surface area (TPSA) is 108 Å². The number of nitrogens with zero attached hydrogens (tertiary/aromatic N) is 1. The van der Waals surface area contributed by atoms with Crippen LogP contribution in [0, 0.1) is 10.1 Å². The minimum atomic E-state index is -0.590. The second-order valence-electron chi connectivity index (χ2n) is 3.87. The Kier molecular flexibility index (Phi) is 2.83. The Balaban J connectivity index is 2.09. The van der Waals surface area contributed by atoms with Crippen LogP contribution in [-0.2, 0) is 4.79 Å². The van der Waals surface area contributed by atoms with E-state index in [-0.39, 0.29) is 28.7 Å². The number of thioether (sulfide) groups is 1. The summed E-state index contributed by atoms with van der Waals surface area (Å²) in [6.45, 7) is -0.0137. The first-order chi connectivity index (χ1) is 9.54. The molecule has 9 heteroatoms. The lowest BCUT2D eigenvalue weighted by atomic mass is 10.1. The highest BCUT2D eigenvalue weighted by atomic mass is 32.2. The quantitative estimate of drug-likeness (QED) is 0.502. The van der Waals surface area contributed by atoms with Crippen LogP contribution in [0.15, 0.2) is 17.0 Å². The molecule has 0 aromatic heterocycles. The zero-order chi connectivity index (χ0) is 14.3. The van der Waals surface area contributed by atoms with Crippen LogP contribution in [0.3, 0.4) is 0 Å². The van der Waals surface area contributed by atoms with Gasteiger partial charge in [0.25, 0.3) is 16.8 Å². The Hall–Kier alpha value is -2.55. The number of carbonyl (C=O) groups excluding carboxylic acids is 2. The van der Waals surface area contributed by atoms with Gasteiger partial charge in [-0.3, -0.25) is 25.0 Å². The number of nitro groups is 1. The highest BCUT2D eigenvalue weighted by Gasteiger charge is 2.28. The van der Waals surface area contributed by atoms with Crippen molar-refractivity contribution in [2.24, 2.45) is 0 Å². The van der Waals surface area contributed by atoms with Gasteiger partial charge in [-0.1, -0.05) is 0 Å². The number of fused-ring (bicyclic) bond motifs is 1. The summed E-state index contributed by atoms with van der Waals surface area (Å²) < 4.78 is 10.2. The summed E-state index contributed by atoms with van der Waals surface area (Å²) in [5, 5.41) is 12.6. The van der Waals surface area contributed by atoms with Crippen molar-refractivity contribution in [1.29, 1.82) is 0 Å². The molecule has 102 valence electrons. The monoisotopic (exact) mass is 294 g/mol. The van der Waals surface area contributed by atoms with E-state index in [1.165, 1.54) is 18.2 Å². The zero-order valence-electron chi connectivity index (χ0n) is 9.74. The van der Waals surface area contributed by atoms with Crippen LogP contribution in [0.4, 0.5) is 10.5 Å². The molecule has 3 rings (SSSR count). The Labute approximate surface area is 115 Å². The Morgan fingerprint density at radius 3 is 2.60 bits per heavy atom. The van der Waals surface area contributed by atoms with Crippen LogP contribution < -0.4 is 14.8 Å². The van der Waals surface area contributed by atoms with Crippen LogP contribution in [0.1, 0.15) is 5.56 Å². The molecule has 0 saturated carbocycles. The van der Waals surface area contributed by atoms with Crippen molar-refractivity contribution in [3.63, 3.8) is 0 Å². The van der Waals surface area contributed by atoms with E-state index in [0.29, 0.717) is 17.5 Å². The molecular weight excluding hydrogens is 288 g/mol. The predicted octanol–water partition coefficient (Wildman–Crippen LogP) is 1.65. The minimum absolute atomic E-state index is 0.0137. The molecule has 1 aromatic rings. The van der Waals surface area contributed by atoms with E-state index in [0.717, 1.165) is 0 Å². The molecule has 0 unspecified atom stereocenters. The smallest absolute Gasteiger partial charge is 0.290 e. The third-order valence-corrected chi connectivity index (χ3v) is 3.46. The van der Waals surface area contributed by atoms with E-state index in [1.807, 2.05) is 0 Å². The number of rotatable bonds is 2. The lowest BCUT2D eigenvalue weighted by Gasteiger charge is -2.01. The fourth-order valence-electron chi connectivity index (χ4n) is 1.78. The van der Waals surface area contributed by atoms with Crippen molar-refractivity contribution in [2.75, 3.05) is 6.79 Å². The molecule has 1 fully saturated rings. The summed E-state index contributed by atoms with van der Waals surface area (Å²) in [6.07, 6.45) is 1.28. The molecule has 20 heavy (non-hydrogen) atoms. The number of imide groups is 1. The molecule has 2 heterocycles. The SMILES string of the molecule is O=C1NC(=O)/C(=C/c2cc3c(cc2[N+](=O)[O-])OCO3)S1. The van der Waals surface area contributed by atoms with Crippen molar-refractivity contribution in [3.05, 3.63) is 32.7 Å². The summed E-state index contributed by atoms with van der Waals surface area (Å²) in [5.41, 5.74) is -0.0545. The van der Waals surface area contributed by atoms with Crippen molar-refractivity contribution in [1.82, 2.24) is 5.32 Å². The average Bonchev–Trinajstić information content (AvgIpc) is 2.94. The van der Waals surface area contributed by atoms with E-state index in [2.05, 4.69) is 5.32 Å². The zero-order valence-corrected chi connectivity index (χ0v) is 10.6. The summed E-state index contributed by atoms with van der Waals surface area (Å²) >= 11 is 0.689. The third-order valence-electron chi connectivity index (χ3n) is 2.65. The first-order valence-electron chi connectivity index (χ1n) is 5.37. The average molecular weight is 294 g/mol. The normalized spacial score (nSPS) is 18.5. The molecule has 0 atom stereocenters. The molecule has 2 amide bonds. The van der Waals surface area contributed by atoms with Gasteiger partial charge in [0.2, 0.25) is 6.79 Å². The van der Waals surface area contributed by atoms with E-state index < -0.39 is 16.1 Å². The number of nitrogens with one attached hydrogen (secondary N) is 1. The van der Waals surface area contributed by atoms with Gasteiger partial charge in [0.1, 0.15) is 0 Å². The Morgan fingerprint density at radius 1 is 1.30 bits per heavy atom. The number of hydrogen-bond acceptors (Lipinski definition) is 7. The van der Waals surface area contributed by atoms with Crippen molar-refractivity contribution in [3.8, 4) is 11.5 Å². The molecule has 1 N–H and O–H groups in total. The summed E-state index contributed by atoms with van der Waals surface area (Å²) in [5.74, 6) is 0.0580. The van der Waals surface area contributed by atoms with Gasteiger partial charge in [0.05, 0.1) is 21.5 Å². The number of hydrogen-bond donors (Lipinski definition) is 1. The highest BCUT2D eigenvalue weighted by Crippen LogP contribution is 2.39. The molecule has 1 aromatic carbocycles. The maximum absolute atomic E-state index is 11.5. The maximum Gasteiger partial charge on any atom is 0.290 e. The van der Waals surface area contributed by atoms with E-state index in [1.54, 1.807) is 0 Å². The first-order valence-corrected chi connectivity index (χ1v) is 6.19. The summed E-state index contributed by atoms with van der Waals surface area (Å²) in [7, 11) is 0. The number of carbonyl (C=O) groups is 2. The molecule has 2 aliphatic rings. The summed E-state index contributed by atoms with van der Waals surface area (Å²) in [4.78, 5) is 33.1. The Bertz CT molecular complexity index is 684. The number of amides is 2. The predicted molar refractivity (Wildman–Crippen MR) is 68.3 cm³/mol. The molecule has 0 spiro atoms. The molecule has 1 saturated heterocycles. The standard InChI is InChI=1S/C11H6N2O6S/c14-10-9(20-11(15)12-10)2-5-1-7-8(19-4-18-7)3-6(5)13(16)17/h1-3H,4H2,(H,12,14,15)/b9-2-. The summed E-state index contributed by atoms with van der Waals surface area (Å²) in [6, 6.07) is 2.64. The Morgan fingerprint density at radius 2 is 2.00 bits per heavy atom. The number of benzene rings is 1. The van der Waals surface area contributed by atoms with Crippen molar-refractivity contribution < 1.29 is 24.0 Å². The van der Waals surface area contributed by atoms with Crippen LogP contribution in [0.5, 0.6) is 11.5 Å². The van der Waals surface area contributed by atoms with Crippen LogP contribution in [0.2, 0.25) is 0 Å². The van der Waals surface area contributed by atoms with Gasteiger partial charge in [-0.2, -0.15) is 0 Å². The van der Waals surface area contributed by atoms with Crippen LogP contribution >= 0.6 is 11.8 Å². The third kappa shape index (κ3) is 2.07. The van der Waals surface area contributed by atoms with Crippen molar-refractivity contribution in [2.45, 2.75) is 0 Å². The number of nitro benzene ring substituents is 1. The lowest BCUT2D eigenvalue weighted by Crippen LogP contribution is -2.17. The van der Waals surface area contributed by atoms with E-state index >= 15 is 0 Å². The highest BCUT2D eigenvalue weighted by molar-refractivity contribution is 8.18. The van der Waals surface area contributed by atoms with Gasteiger partial charge < -0.3 is 9.47 Å². The van der Waals surface area contributed by atoms with Gasteiger partial charge in [-0.25, -0.2) is 0 Å². The molecule has 0 radical (unpaired) electrons. The lowest BCUT2D eigenvalue weighted by molar-refractivity contribution is -0.385. The molecule has 8 nitrogen and oxygen atoms in total. The van der Waals surface area contributed by atoms with Gasteiger partial charge in [0.15, 0.2) is 11.5 Å². The van der Waals surface area contributed by atoms with E-state index in [4.69, 9.17) is 9.47 Å². The molecule has 0 aliphatic carbocycles. The van der Waals surface area contributed by atoms with Crippen molar-refractivity contribution >= 4 is 34.7 Å². The second kappa shape index (κ2) is 4.53. The maximum atomic E-state index is 11.5. The second-order valence-corrected chi connectivity index (χ2v) is 4.89.